The van der Waals surface area contributed by atoms with Gasteiger partial charge in [0.25, 0.3) is 0 Å². The molecule has 0 aliphatic carbocycles. The smallest absolute Gasteiger partial charge is 0.238 e. The van der Waals surface area contributed by atoms with E-state index in [1.54, 1.807) is 0 Å². The van der Waals surface area contributed by atoms with E-state index in [4.69, 9.17) is 0 Å². The highest BCUT2D eigenvalue weighted by molar-refractivity contribution is 5.92. The van der Waals surface area contributed by atoms with Gasteiger partial charge in [-0.05, 0) is 39.1 Å². The highest BCUT2D eigenvalue weighted by Crippen LogP contribution is 2.09. The summed E-state index contributed by atoms with van der Waals surface area (Å²) in [4.78, 5) is 14.0. The van der Waals surface area contributed by atoms with Gasteiger partial charge in [-0.2, -0.15) is 0 Å². The summed E-state index contributed by atoms with van der Waals surface area (Å²) in [6.07, 6.45) is 1.12. The number of amides is 1. The van der Waals surface area contributed by atoms with Crippen LogP contribution in [0.4, 0.5) is 5.69 Å². The van der Waals surface area contributed by atoms with Crippen molar-refractivity contribution in [1.82, 2.24) is 10.2 Å². The second-order valence-electron chi connectivity index (χ2n) is 4.98. The van der Waals surface area contributed by atoms with Crippen molar-refractivity contribution < 1.29 is 4.79 Å². The number of benzene rings is 1. The van der Waals surface area contributed by atoms with Crippen molar-refractivity contribution in [3.8, 4) is 0 Å². The van der Waals surface area contributed by atoms with E-state index in [-0.39, 0.29) is 5.91 Å². The van der Waals surface area contributed by atoms with E-state index in [0.29, 0.717) is 12.6 Å². The molecule has 1 aliphatic rings. The molecule has 0 spiro atoms. The van der Waals surface area contributed by atoms with Crippen LogP contribution in [-0.2, 0) is 4.79 Å². The molecule has 0 aromatic heterocycles. The monoisotopic (exact) mass is 247 g/mol. The number of carbonyl (C=O) groups is 1. The molecule has 1 aromatic rings. The zero-order valence-electron chi connectivity index (χ0n) is 11.1. The molecule has 0 saturated carbocycles. The van der Waals surface area contributed by atoms with Crippen LogP contribution in [-0.4, -0.2) is 43.5 Å². The molecule has 18 heavy (non-hydrogen) atoms. The molecular weight excluding hydrogens is 226 g/mol. The second-order valence-corrected chi connectivity index (χ2v) is 4.98. The first kappa shape index (κ1) is 13.1. The lowest BCUT2D eigenvalue weighted by Gasteiger charge is -2.22. The van der Waals surface area contributed by atoms with Crippen LogP contribution in [0.25, 0.3) is 0 Å². The predicted molar refractivity (Wildman–Crippen MR) is 73.7 cm³/mol. The van der Waals surface area contributed by atoms with Crippen molar-refractivity contribution >= 4 is 11.6 Å². The molecule has 1 saturated heterocycles. The molecule has 1 heterocycles. The quantitative estimate of drug-likeness (QED) is 0.841. The number of hydrogen-bond donors (Lipinski definition) is 2. The van der Waals surface area contributed by atoms with Gasteiger partial charge in [-0.25, -0.2) is 0 Å². The molecule has 1 atom stereocenters. The Morgan fingerprint density at radius 2 is 2.17 bits per heavy atom. The summed E-state index contributed by atoms with van der Waals surface area (Å²) in [5.41, 5.74) is 2.06. The molecule has 2 rings (SSSR count). The fourth-order valence-corrected chi connectivity index (χ4v) is 2.21. The highest BCUT2D eigenvalue weighted by atomic mass is 16.2. The minimum absolute atomic E-state index is 0.0493. The van der Waals surface area contributed by atoms with Gasteiger partial charge in [0.1, 0.15) is 0 Å². The molecule has 98 valence electrons. The SMILES string of the molecule is Cc1ccc(NC(=O)CN(C)C2CCNC2)cc1. The third-order valence-corrected chi connectivity index (χ3v) is 3.39. The summed E-state index contributed by atoms with van der Waals surface area (Å²) >= 11 is 0. The summed E-state index contributed by atoms with van der Waals surface area (Å²) in [6, 6.07) is 8.35. The zero-order chi connectivity index (χ0) is 13.0. The molecule has 1 aliphatic heterocycles. The predicted octanol–water partition coefficient (Wildman–Crippen LogP) is 1.23. The largest absolute Gasteiger partial charge is 0.325 e. The first-order chi connectivity index (χ1) is 8.65. The average Bonchev–Trinajstić information content (AvgIpc) is 2.85. The zero-order valence-corrected chi connectivity index (χ0v) is 11.1. The topological polar surface area (TPSA) is 44.4 Å². The minimum atomic E-state index is 0.0493. The van der Waals surface area contributed by atoms with Crippen LogP contribution in [0.15, 0.2) is 24.3 Å². The van der Waals surface area contributed by atoms with Gasteiger partial charge in [0, 0.05) is 18.3 Å². The van der Waals surface area contributed by atoms with Crippen LogP contribution in [0.3, 0.4) is 0 Å². The van der Waals surface area contributed by atoms with Gasteiger partial charge in [0.15, 0.2) is 0 Å². The van der Waals surface area contributed by atoms with Crippen LogP contribution in [0, 0.1) is 6.92 Å². The number of aryl methyl sites for hydroxylation is 1. The van der Waals surface area contributed by atoms with Gasteiger partial charge in [-0.3, -0.25) is 9.69 Å². The first-order valence-corrected chi connectivity index (χ1v) is 6.42. The van der Waals surface area contributed by atoms with Crippen molar-refractivity contribution in [3.63, 3.8) is 0 Å². The molecule has 1 unspecified atom stereocenters. The Labute approximate surface area is 108 Å². The lowest BCUT2D eigenvalue weighted by atomic mass is 10.2. The van der Waals surface area contributed by atoms with E-state index in [1.165, 1.54) is 5.56 Å². The van der Waals surface area contributed by atoms with Crippen molar-refractivity contribution in [2.24, 2.45) is 0 Å². The molecular formula is C14H21N3O. The van der Waals surface area contributed by atoms with E-state index in [1.807, 2.05) is 38.2 Å². The Morgan fingerprint density at radius 1 is 1.44 bits per heavy atom. The number of anilines is 1. The Bertz CT molecular complexity index is 396. The Hall–Kier alpha value is -1.39. The highest BCUT2D eigenvalue weighted by Gasteiger charge is 2.20. The van der Waals surface area contributed by atoms with Gasteiger partial charge in [0.05, 0.1) is 6.54 Å². The van der Waals surface area contributed by atoms with Gasteiger partial charge in [0.2, 0.25) is 5.91 Å². The van der Waals surface area contributed by atoms with E-state index in [9.17, 15) is 4.79 Å². The second kappa shape index (κ2) is 5.98. The maximum Gasteiger partial charge on any atom is 0.238 e. The van der Waals surface area contributed by atoms with Gasteiger partial charge >= 0.3 is 0 Å². The Morgan fingerprint density at radius 3 is 2.78 bits per heavy atom. The van der Waals surface area contributed by atoms with Crippen molar-refractivity contribution in [1.29, 1.82) is 0 Å². The summed E-state index contributed by atoms with van der Waals surface area (Å²) < 4.78 is 0. The Kier molecular flexibility index (Phi) is 4.33. The van der Waals surface area contributed by atoms with Gasteiger partial charge in [-0.15, -0.1) is 0 Å². The number of hydrogen-bond acceptors (Lipinski definition) is 3. The number of rotatable bonds is 4. The van der Waals surface area contributed by atoms with Crippen molar-refractivity contribution in [2.75, 3.05) is 32.0 Å². The number of nitrogens with zero attached hydrogens (tertiary/aromatic N) is 1. The maximum atomic E-state index is 11.9. The average molecular weight is 247 g/mol. The van der Waals surface area contributed by atoms with Crippen molar-refractivity contribution in [3.05, 3.63) is 29.8 Å². The van der Waals surface area contributed by atoms with E-state index in [0.717, 1.165) is 25.2 Å². The number of likely N-dealkylation sites (N-methyl/N-ethyl adjacent to an activating group) is 1. The lowest BCUT2D eigenvalue weighted by Crippen LogP contribution is -2.39. The van der Waals surface area contributed by atoms with Gasteiger partial charge in [-0.1, -0.05) is 17.7 Å². The summed E-state index contributed by atoms with van der Waals surface area (Å²) in [5, 5.41) is 6.23. The standard InChI is InChI=1S/C14H21N3O/c1-11-3-5-12(6-4-11)16-14(18)10-17(2)13-7-8-15-9-13/h3-6,13,15H,7-10H2,1-2H3,(H,16,18). The van der Waals surface area contributed by atoms with Crippen LogP contribution in [0.5, 0.6) is 0 Å². The van der Waals surface area contributed by atoms with Crippen LogP contribution in [0.2, 0.25) is 0 Å². The van der Waals surface area contributed by atoms with Crippen LogP contribution >= 0.6 is 0 Å². The molecule has 1 aromatic carbocycles. The molecule has 2 N–H and O–H groups in total. The first-order valence-electron chi connectivity index (χ1n) is 6.42. The fourth-order valence-electron chi connectivity index (χ4n) is 2.21. The van der Waals surface area contributed by atoms with E-state index >= 15 is 0 Å². The molecule has 0 bridgehead atoms. The molecule has 1 amide bonds. The summed E-state index contributed by atoms with van der Waals surface area (Å²) in [5.74, 6) is 0.0493. The molecule has 4 nitrogen and oxygen atoms in total. The number of nitrogens with one attached hydrogen (secondary N) is 2. The van der Waals surface area contributed by atoms with E-state index in [2.05, 4.69) is 15.5 Å². The van der Waals surface area contributed by atoms with Crippen LogP contribution in [0.1, 0.15) is 12.0 Å². The summed E-state index contributed by atoms with van der Waals surface area (Å²) in [6.45, 7) is 4.51. The maximum absolute atomic E-state index is 11.9. The third kappa shape index (κ3) is 3.55. The summed E-state index contributed by atoms with van der Waals surface area (Å²) in [7, 11) is 2.01. The molecule has 0 radical (unpaired) electrons. The lowest BCUT2D eigenvalue weighted by molar-refractivity contribution is -0.117. The minimum Gasteiger partial charge on any atom is -0.325 e. The van der Waals surface area contributed by atoms with E-state index < -0.39 is 0 Å². The molecule has 1 fully saturated rings. The third-order valence-electron chi connectivity index (χ3n) is 3.39. The van der Waals surface area contributed by atoms with Crippen molar-refractivity contribution in [2.45, 2.75) is 19.4 Å². The number of carbonyl (C=O) groups excluding carboxylic acids is 1. The van der Waals surface area contributed by atoms with Crippen LogP contribution < -0.4 is 10.6 Å². The normalized spacial score (nSPS) is 19.2. The van der Waals surface area contributed by atoms with Gasteiger partial charge < -0.3 is 10.6 Å². The molecule has 4 heteroatoms. The fraction of sp³-hybridized carbons (Fsp3) is 0.500. The Balaban J connectivity index is 1.82.